The summed E-state index contributed by atoms with van der Waals surface area (Å²) in [5.41, 5.74) is 1.01. The van der Waals surface area contributed by atoms with Crippen LogP contribution in [0.3, 0.4) is 0 Å². The van der Waals surface area contributed by atoms with Crippen LogP contribution in [-0.2, 0) is 0 Å². The third kappa shape index (κ3) is 4.48. The maximum Gasteiger partial charge on any atom is 0.00952 e. The van der Waals surface area contributed by atoms with Gasteiger partial charge in [-0.05, 0) is 48.9 Å². The van der Waals surface area contributed by atoms with Gasteiger partial charge < -0.3 is 5.32 Å². The molecule has 1 nitrogen and oxygen atoms in total. The molecular formula is C18H35N. The molecule has 1 heteroatoms. The van der Waals surface area contributed by atoms with Crippen LogP contribution in [0.5, 0.6) is 0 Å². The van der Waals surface area contributed by atoms with Crippen LogP contribution in [0.1, 0.15) is 86.0 Å². The predicted octanol–water partition coefficient (Wildman–Crippen LogP) is 5.15. The maximum atomic E-state index is 4.06. The Balaban J connectivity index is 1.97. The van der Waals surface area contributed by atoms with Gasteiger partial charge in [-0.1, -0.05) is 53.9 Å². The molecule has 0 bridgehead atoms. The van der Waals surface area contributed by atoms with Crippen LogP contribution in [-0.4, -0.2) is 12.1 Å². The Kier molecular flexibility index (Phi) is 4.65. The molecule has 2 aliphatic carbocycles. The van der Waals surface area contributed by atoms with Crippen LogP contribution in [0.15, 0.2) is 0 Å². The lowest BCUT2D eigenvalue weighted by Gasteiger charge is -2.46. The van der Waals surface area contributed by atoms with E-state index in [9.17, 15) is 0 Å². The lowest BCUT2D eigenvalue weighted by atomic mass is 9.63. The maximum absolute atomic E-state index is 4.06. The van der Waals surface area contributed by atoms with E-state index in [1.165, 1.54) is 51.4 Å². The standard InChI is InChI=1S/C18H35N/c1-14-9-7-6-8-10-16(14)19-15-11-17(2,3)13-18(4,5)12-15/h14-16,19H,6-13H2,1-5H3. The second kappa shape index (κ2) is 5.76. The number of rotatable bonds is 2. The van der Waals surface area contributed by atoms with Crippen LogP contribution in [0.25, 0.3) is 0 Å². The van der Waals surface area contributed by atoms with Crippen molar-refractivity contribution in [3.63, 3.8) is 0 Å². The molecule has 0 aromatic carbocycles. The molecule has 112 valence electrons. The molecule has 2 fully saturated rings. The molecule has 0 heterocycles. The van der Waals surface area contributed by atoms with Gasteiger partial charge in [-0.15, -0.1) is 0 Å². The van der Waals surface area contributed by atoms with E-state index >= 15 is 0 Å². The monoisotopic (exact) mass is 265 g/mol. The average Bonchev–Trinajstić information content (AvgIpc) is 2.39. The van der Waals surface area contributed by atoms with Crippen molar-refractivity contribution in [2.24, 2.45) is 16.7 Å². The molecule has 0 aliphatic heterocycles. The second-order valence-corrected chi connectivity index (χ2v) is 9.00. The van der Waals surface area contributed by atoms with Gasteiger partial charge in [0, 0.05) is 12.1 Å². The van der Waals surface area contributed by atoms with Crippen LogP contribution < -0.4 is 5.32 Å². The van der Waals surface area contributed by atoms with Crippen molar-refractivity contribution in [2.45, 2.75) is 98.1 Å². The van der Waals surface area contributed by atoms with E-state index in [4.69, 9.17) is 0 Å². The summed E-state index contributed by atoms with van der Waals surface area (Å²) in [6.45, 7) is 12.3. The first-order chi connectivity index (χ1) is 8.77. The topological polar surface area (TPSA) is 12.0 Å². The lowest BCUT2D eigenvalue weighted by Crippen LogP contribution is -2.49. The fourth-order valence-electron chi connectivity index (χ4n) is 5.01. The highest BCUT2D eigenvalue weighted by Gasteiger charge is 2.39. The number of nitrogens with one attached hydrogen (secondary N) is 1. The largest absolute Gasteiger partial charge is 0.311 e. The highest BCUT2D eigenvalue weighted by Crippen LogP contribution is 2.46. The first-order valence-corrected chi connectivity index (χ1v) is 8.54. The van der Waals surface area contributed by atoms with Crippen LogP contribution in [0.2, 0.25) is 0 Å². The Morgan fingerprint density at radius 3 is 2.05 bits per heavy atom. The van der Waals surface area contributed by atoms with E-state index in [0.717, 1.165) is 18.0 Å². The van der Waals surface area contributed by atoms with Crippen LogP contribution >= 0.6 is 0 Å². The lowest BCUT2D eigenvalue weighted by molar-refractivity contribution is 0.0759. The molecule has 2 rings (SSSR count). The summed E-state index contributed by atoms with van der Waals surface area (Å²) < 4.78 is 0. The van der Waals surface area contributed by atoms with E-state index in [1.54, 1.807) is 0 Å². The molecule has 2 unspecified atom stereocenters. The second-order valence-electron chi connectivity index (χ2n) is 9.00. The molecule has 1 N–H and O–H groups in total. The first kappa shape index (κ1) is 15.4. The third-order valence-corrected chi connectivity index (χ3v) is 5.37. The van der Waals surface area contributed by atoms with Crippen molar-refractivity contribution in [1.29, 1.82) is 0 Å². The Morgan fingerprint density at radius 2 is 1.42 bits per heavy atom. The third-order valence-electron chi connectivity index (χ3n) is 5.37. The first-order valence-electron chi connectivity index (χ1n) is 8.54. The summed E-state index contributed by atoms with van der Waals surface area (Å²) in [6.07, 6.45) is 11.3. The quantitative estimate of drug-likeness (QED) is 0.681. The van der Waals surface area contributed by atoms with Crippen molar-refractivity contribution in [3.8, 4) is 0 Å². The Morgan fingerprint density at radius 1 is 0.842 bits per heavy atom. The zero-order valence-corrected chi connectivity index (χ0v) is 13.9. The summed E-state index contributed by atoms with van der Waals surface area (Å²) in [5.74, 6) is 0.871. The van der Waals surface area contributed by atoms with Gasteiger partial charge in [0.2, 0.25) is 0 Å². The summed E-state index contributed by atoms with van der Waals surface area (Å²) in [5, 5.41) is 4.06. The summed E-state index contributed by atoms with van der Waals surface area (Å²) >= 11 is 0. The molecule has 2 atom stereocenters. The van der Waals surface area contributed by atoms with Gasteiger partial charge in [0.05, 0.1) is 0 Å². The molecule has 2 aliphatic rings. The SMILES string of the molecule is CC1CCCCCC1NC1CC(C)(C)CC(C)(C)C1. The highest BCUT2D eigenvalue weighted by molar-refractivity contribution is 4.94. The van der Waals surface area contributed by atoms with E-state index in [-0.39, 0.29) is 0 Å². The fraction of sp³-hybridized carbons (Fsp3) is 1.00. The minimum atomic E-state index is 0.507. The van der Waals surface area contributed by atoms with Crippen molar-refractivity contribution < 1.29 is 0 Å². The van der Waals surface area contributed by atoms with E-state index in [0.29, 0.717) is 10.8 Å². The van der Waals surface area contributed by atoms with Crippen LogP contribution in [0, 0.1) is 16.7 Å². The van der Waals surface area contributed by atoms with Crippen LogP contribution in [0.4, 0.5) is 0 Å². The summed E-state index contributed by atoms with van der Waals surface area (Å²) in [7, 11) is 0. The smallest absolute Gasteiger partial charge is 0.00952 e. The van der Waals surface area contributed by atoms with Gasteiger partial charge >= 0.3 is 0 Å². The molecule has 0 saturated heterocycles. The minimum absolute atomic E-state index is 0.507. The van der Waals surface area contributed by atoms with Gasteiger partial charge in [-0.2, -0.15) is 0 Å². The molecule has 0 spiro atoms. The zero-order valence-electron chi connectivity index (χ0n) is 13.9. The van der Waals surface area contributed by atoms with Crippen molar-refractivity contribution in [1.82, 2.24) is 5.32 Å². The summed E-state index contributed by atoms with van der Waals surface area (Å²) in [6, 6.07) is 1.52. The molecular weight excluding hydrogens is 230 g/mol. The minimum Gasteiger partial charge on any atom is -0.311 e. The fourth-order valence-corrected chi connectivity index (χ4v) is 5.01. The molecule has 0 radical (unpaired) electrons. The Labute approximate surface area is 120 Å². The van der Waals surface area contributed by atoms with E-state index in [1.807, 2.05) is 0 Å². The molecule has 0 aromatic heterocycles. The molecule has 19 heavy (non-hydrogen) atoms. The Bertz CT molecular complexity index is 276. The molecule has 2 saturated carbocycles. The van der Waals surface area contributed by atoms with Crippen molar-refractivity contribution in [2.75, 3.05) is 0 Å². The van der Waals surface area contributed by atoms with Crippen molar-refractivity contribution in [3.05, 3.63) is 0 Å². The molecule has 0 aromatic rings. The average molecular weight is 265 g/mol. The normalized spacial score (nSPS) is 35.8. The zero-order chi connectivity index (χ0) is 14.1. The van der Waals surface area contributed by atoms with Gasteiger partial charge in [-0.25, -0.2) is 0 Å². The van der Waals surface area contributed by atoms with Gasteiger partial charge in [-0.3, -0.25) is 0 Å². The van der Waals surface area contributed by atoms with Gasteiger partial charge in [0.15, 0.2) is 0 Å². The number of hydrogen-bond acceptors (Lipinski definition) is 1. The molecule has 0 amide bonds. The summed E-state index contributed by atoms with van der Waals surface area (Å²) in [4.78, 5) is 0. The van der Waals surface area contributed by atoms with Gasteiger partial charge in [0.25, 0.3) is 0 Å². The predicted molar refractivity (Wildman–Crippen MR) is 84.4 cm³/mol. The van der Waals surface area contributed by atoms with E-state index in [2.05, 4.69) is 39.9 Å². The highest BCUT2D eigenvalue weighted by atomic mass is 15.0. The van der Waals surface area contributed by atoms with Gasteiger partial charge in [0.1, 0.15) is 0 Å². The van der Waals surface area contributed by atoms with E-state index < -0.39 is 0 Å². The van der Waals surface area contributed by atoms with Crippen molar-refractivity contribution >= 4 is 0 Å². The Hall–Kier alpha value is -0.0400. The number of hydrogen-bond donors (Lipinski definition) is 1.